The topological polar surface area (TPSA) is 35.2 Å². The van der Waals surface area contributed by atoms with Crippen LogP contribution < -0.4 is 10.5 Å². The lowest BCUT2D eigenvalue weighted by molar-refractivity contribution is 0.303. The minimum Gasteiger partial charge on any atom is -0.488 e. The molecule has 5 heteroatoms. The van der Waals surface area contributed by atoms with Gasteiger partial charge in [-0.25, -0.2) is 8.78 Å². The van der Waals surface area contributed by atoms with Crippen LogP contribution in [0.4, 0.5) is 14.5 Å². The van der Waals surface area contributed by atoms with Gasteiger partial charge in [0.05, 0.1) is 10.2 Å². The quantitative estimate of drug-likeness (QED) is 0.873. The van der Waals surface area contributed by atoms with E-state index in [1.807, 2.05) is 0 Å². The second-order valence-electron chi connectivity index (χ2n) is 3.72. The molecule has 2 N–H and O–H groups in total. The normalized spacial score (nSPS) is 10.4. The predicted molar refractivity (Wildman–Crippen MR) is 69.2 cm³/mol. The van der Waals surface area contributed by atoms with Crippen molar-refractivity contribution in [2.45, 2.75) is 6.61 Å². The molecule has 0 spiro atoms. The van der Waals surface area contributed by atoms with Crippen LogP contribution in [0.25, 0.3) is 0 Å². The molecule has 2 aromatic rings. The third-order valence-electron chi connectivity index (χ3n) is 2.35. The van der Waals surface area contributed by atoms with Gasteiger partial charge in [-0.2, -0.15) is 0 Å². The van der Waals surface area contributed by atoms with Gasteiger partial charge in [0.1, 0.15) is 24.0 Å². The summed E-state index contributed by atoms with van der Waals surface area (Å²) in [5.41, 5.74) is 6.12. The molecule has 0 heterocycles. The van der Waals surface area contributed by atoms with Crippen LogP contribution >= 0.6 is 15.9 Å². The van der Waals surface area contributed by atoms with E-state index in [2.05, 4.69) is 15.9 Å². The van der Waals surface area contributed by atoms with Gasteiger partial charge in [-0.05, 0) is 51.8 Å². The fourth-order valence-electron chi connectivity index (χ4n) is 1.41. The average molecular weight is 314 g/mol. The summed E-state index contributed by atoms with van der Waals surface area (Å²) < 4.78 is 32.0. The summed E-state index contributed by atoms with van der Waals surface area (Å²) in [5.74, 6) is -0.337. The zero-order valence-corrected chi connectivity index (χ0v) is 10.9. The van der Waals surface area contributed by atoms with Crippen molar-refractivity contribution >= 4 is 21.6 Å². The van der Waals surface area contributed by atoms with Crippen molar-refractivity contribution in [1.82, 2.24) is 0 Å². The summed E-state index contributed by atoms with van der Waals surface area (Å²) in [6.07, 6.45) is 0. The van der Waals surface area contributed by atoms with E-state index in [1.54, 1.807) is 6.07 Å². The van der Waals surface area contributed by atoms with Crippen molar-refractivity contribution < 1.29 is 13.5 Å². The molecule has 0 aliphatic rings. The SMILES string of the molecule is Nc1ccc(COc2ccc(F)cc2Br)cc1F. The summed E-state index contributed by atoms with van der Waals surface area (Å²) in [4.78, 5) is 0. The standard InChI is InChI=1S/C13H10BrF2NO/c14-10-6-9(15)2-4-13(10)18-7-8-1-3-12(17)11(16)5-8/h1-6H,7,17H2. The molecule has 2 aromatic carbocycles. The molecule has 2 nitrogen and oxygen atoms in total. The minimum absolute atomic E-state index is 0.0988. The Bertz CT molecular complexity index is 575. The van der Waals surface area contributed by atoms with Crippen molar-refractivity contribution in [2.24, 2.45) is 0 Å². The highest BCUT2D eigenvalue weighted by Gasteiger charge is 2.04. The van der Waals surface area contributed by atoms with Crippen LogP contribution in [-0.4, -0.2) is 0 Å². The van der Waals surface area contributed by atoms with E-state index in [4.69, 9.17) is 10.5 Å². The van der Waals surface area contributed by atoms with Crippen LogP contribution in [0.3, 0.4) is 0 Å². The van der Waals surface area contributed by atoms with E-state index in [0.29, 0.717) is 15.8 Å². The molecule has 0 amide bonds. The summed E-state index contributed by atoms with van der Waals surface area (Å²) in [7, 11) is 0. The zero-order valence-electron chi connectivity index (χ0n) is 9.29. The number of nitrogen functional groups attached to an aromatic ring is 1. The molecule has 0 radical (unpaired) electrons. The number of anilines is 1. The number of hydrogen-bond donors (Lipinski definition) is 1. The lowest BCUT2D eigenvalue weighted by Crippen LogP contribution is -1.98. The second-order valence-corrected chi connectivity index (χ2v) is 4.57. The maximum Gasteiger partial charge on any atom is 0.146 e. The van der Waals surface area contributed by atoms with Gasteiger partial charge in [0.2, 0.25) is 0 Å². The van der Waals surface area contributed by atoms with Gasteiger partial charge < -0.3 is 10.5 Å². The Labute approximate surface area is 112 Å². The molecule has 94 valence electrons. The first-order valence-corrected chi connectivity index (χ1v) is 5.97. The number of benzene rings is 2. The monoisotopic (exact) mass is 313 g/mol. The average Bonchev–Trinajstić information content (AvgIpc) is 2.32. The molecule has 0 bridgehead atoms. The third kappa shape index (κ3) is 2.98. The third-order valence-corrected chi connectivity index (χ3v) is 2.97. The molecule has 0 saturated carbocycles. The van der Waals surface area contributed by atoms with Crippen LogP contribution in [0, 0.1) is 11.6 Å². The molecule has 0 aliphatic carbocycles. The van der Waals surface area contributed by atoms with Crippen molar-refractivity contribution in [3.8, 4) is 5.75 Å². The Morgan fingerprint density at radius 3 is 2.56 bits per heavy atom. The highest BCUT2D eigenvalue weighted by atomic mass is 79.9. The molecule has 0 aliphatic heterocycles. The van der Waals surface area contributed by atoms with Gasteiger partial charge in [-0.15, -0.1) is 0 Å². The molecule has 0 aromatic heterocycles. The summed E-state index contributed by atoms with van der Waals surface area (Å²) in [6, 6.07) is 8.58. The molecule has 0 unspecified atom stereocenters. The van der Waals surface area contributed by atoms with Crippen LogP contribution in [0.2, 0.25) is 0 Å². The first-order chi connectivity index (χ1) is 8.56. The molecular formula is C13H10BrF2NO. The number of ether oxygens (including phenoxy) is 1. The van der Waals surface area contributed by atoms with Gasteiger partial charge in [-0.3, -0.25) is 0 Å². The highest BCUT2D eigenvalue weighted by molar-refractivity contribution is 9.10. The lowest BCUT2D eigenvalue weighted by Gasteiger charge is -2.08. The lowest BCUT2D eigenvalue weighted by atomic mass is 10.2. The number of halogens is 3. The molecule has 0 atom stereocenters. The van der Waals surface area contributed by atoms with Crippen molar-refractivity contribution in [2.75, 3.05) is 5.73 Å². The number of nitrogens with two attached hydrogens (primary N) is 1. The van der Waals surface area contributed by atoms with Gasteiger partial charge in [0, 0.05) is 0 Å². The minimum atomic E-state index is -0.478. The van der Waals surface area contributed by atoms with E-state index in [9.17, 15) is 8.78 Å². The van der Waals surface area contributed by atoms with E-state index < -0.39 is 5.82 Å². The number of hydrogen-bond acceptors (Lipinski definition) is 2. The van der Waals surface area contributed by atoms with Gasteiger partial charge in [0.25, 0.3) is 0 Å². The first kappa shape index (κ1) is 12.8. The van der Waals surface area contributed by atoms with Crippen LogP contribution in [0.15, 0.2) is 40.9 Å². The van der Waals surface area contributed by atoms with E-state index >= 15 is 0 Å². The van der Waals surface area contributed by atoms with E-state index in [1.165, 1.54) is 30.3 Å². The molecule has 18 heavy (non-hydrogen) atoms. The zero-order chi connectivity index (χ0) is 13.1. The Morgan fingerprint density at radius 1 is 1.11 bits per heavy atom. The maximum absolute atomic E-state index is 13.2. The predicted octanol–water partition coefficient (Wildman–Crippen LogP) is 3.89. The van der Waals surface area contributed by atoms with Crippen LogP contribution in [0.1, 0.15) is 5.56 Å². The molecule has 0 fully saturated rings. The van der Waals surface area contributed by atoms with Crippen LogP contribution in [-0.2, 0) is 6.61 Å². The van der Waals surface area contributed by atoms with Crippen LogP contribution in [0.5, 0.6) is 5.75 Å². The number of rotatable bonds is 3. The molecule has 2 rings (SSSR count). The highest BCUT2D eigenvalue weighted by Crippen LogP contribution is 2.26. The summed E-state index contributed by atoms with van der Waals surface area (Å²) in [6.45, 7) is 0.182. The van der Waals surface area contributed by atoms with E-state index in [-0.39, 0.29) is 18.1 Å². The maximum atomic E-state index is 13.2. The van der Waals surface area contributed by atoms with Gasteiger partial charge in [-0.1, -0.05) is 6.07 Å². The second kappa shape index (κ2) is 5.35. The first-order valence-electron chi connectivity index (χ1n) is 5.18. The summed E-state index contributed by atoms with van der Waals surface area (Å²) >= 11 is 3.19. The molecular weight excluding hydrogens is 304 g/mol. The summed E-state index contributed by atoms with van der Waals surface area (Å²) in [5, 5.41) is 0. The smallest absolute Gasteiger partial charge is 0.146 e. The van der Waals surface area contributed by atoms with E-state index in [0.717, 1.165) is 0 Å². The fraction of sp³-hybridized carbons (Fsp3) is 0.0769. The Balaban J connectivity index is 2.09. The molecule has 0 saturated heterocycles. The fourth-order valence-corrected chi connectivity index (χ4v) is 1.88. The Hall–Kier alpha value is -1.62. The largest absolute Gasteiger partial charge is 0.488 e. The van der Waals surface area contributed by atoms with Gasteiger partial charge >= 0.3 is 0 Å². The Kier molecular flexibility index (Phi) is 3.81. The van der Waals surface area contributed by atoms with Gasteiger partial charge in [0.15, 0.2) is 0 Å². The van der Waals surface area contributed by atoms with Crippen molar-refractivity contribution in [3.05, 3.63) is 58.1 Å². The van der Waals surface area contributed by atoms with Crippen molar-refractivity contribution in [1.29, 1.82) is 0 Å². The Morgan fingerprint density at radius 2 is 1.89 bits per heavy atom. The van der Waals surface area contributed by atoms with Crippen molar-refractivity contribution in [3.63, 3.8) is 0 Å².